The Morgan fingerprint density at radius 3 is 1.58 bits per heavy atom. The number of rotatable bonds is 7. The molecular formula is C29H27F6NO2. The van der Waals surface area contributed by atoms with E-state index in [2.05, 4.69) is 5.32 Å². The first-order valence-corrected chi connectivity index (χ1v) is 11.7. The van der Waals surface area contributed by atoms with Crippen molar-refractivity contribution in [3.8, 4) is 0 Å². The molecule has 3 aromatic carbocycles. The van der Waals surface area contributed by atoms with Crippen LogP contribution >= 0.6 is 0 Å². The minimum Gasteiger partial charge on any atom is -0.322 e. The minimum absolute atomic E-state index is 0.0170. The Morgan fingerprint density at radius 2 is 1.11 bits per heavy atom. The summed E-state index contributed by atoms with van der Waals surface area (Å²) in [6, 6.07) is 17.0. The second-order valence-corrected chi connectivity index (χ2v) is 10.2. The van der Waals surface area contributed by atoms with E-state index < -0.39 is 29.1 Å². The van der Waals surface area contributed by atoms with Gasteiger partial charge in [-0.15, -0.1) is 0 Å². The van der Waals surface area contributed by atoms with Crippen molar-refractivity contribution < 1.29 is 35.9 Å². The highest BCUT2D eigenvalue weighted by molar-refractivity contribution is 6.04. The summed E-state index contributed by atoms with van der Waals surface area (Å²) in [4.78, 5) is 25.4. The number of alkyl halides is 6. The van der Waals surface area contributed by atoms with Crippen molar-refractivity contribution in [3.05, 3.63) is 101 Å². The van der Waals surface area contributed by atoms with Gasteiger partial charge in [0.1, 0.15) is 0 Å². The summed E-state index contributed by atoms with van der Waals surface area (Å²) in [7, 11) is 0. The molecule has 0 aliphatic heterocycles. The van der Waals surface area contributed by atoms with E-state index in [1.165, 1.54) is 60.7 Å². The highest BCUT2D eigenvalue weighted by Gasteiger charge is 2.49. The van der Waals surface area contributed by atoms with Crippen molar-refractivity contribution in [3.63, 3.8) is 0 Å². The molecule has 3 nitrogen and oxygen atoms in total. The molecule has 1 amide bonds. The molecule has 3 aromatic rings. The van der Waals surface area contributed by atoms with Gasteiger partial charge in [-0.05, 0) is 74.7 Å². The number of hydrogen-bond acceptors (Lipinski definition) is 2. The number of hydrogen-bond donors (Lipinski definition) is 1. The predicted molar refractivity (Wildman–Crippen MR) is 133 cm³/mol. The topological polar surface area (TPSA) is 46.2 Å². The smallest absolute Gasteiger partial charge is 0.322 e. The summed E-state index contributed by atoms with van der Waals surface area (Å²) < 4.78 is 80.3. The van der Waals surface area contributed by atoms with Gasteiger partial charge in [0.15, 0.2) is 5.78 Å². The highest BCUT2D eigenvalue weighted by Crippen LogP contribution is 2.41. The Morgan fingerprint density at radius 1 is 0.658 bits per heavy atom. The molecule has 0 fully saturated rings. The Labute approximate surface area is 216 Å². The van der Waals surface area contributed by atoms with Gasteiger partial charge in [-0.2, -0.15) is 26.3 Å². The van der Waals surface area contributed by atoms with Gasteiger partial charge in [-0.1, -0.05) is 42.5 Å². The lowest BCUT2D eigenvalue weighted by Crippen LogP contribution is -2.36. The summed E-state index contributed by atoms with van der Waals surface area (Å²) in [5.41, 5.74) is -3.18. The Balaban J connectivity index is 1.70. The lowest BCUT2D eigenvalue weighted by atomic mass is 9.82. The van der Waals surface area contributed by atoms with Crippen LogP contribution in [0.3, 0.4) is 0 Å². The number of anilines is 1. The van der Waals surface area contributed by atoms with Crippen molar-refractivity contribution in [2.24, 2.45) is 0 Å². The predicted octanol–water partition coefficient (Wildman–Crippen LogP) is 8.04. The van der Waals surface area contributed by atoms with Crippen molar-refractivity contribution in [2.45, 2.75) is 57.3 Å². The molecule has 0 radical (unpaired) electrons. The summed E-state index contributed by atoms with van der Waals surface area (Å²) in [6.45, 7) is 4.18. The van der Waals surface area contributed by atoms with Gasteiger partial charge in [0, 0.05) is 23.2 Å². The fourth-order valence-corrected chi connectivity index (χ4v) is 3.65. The molecule has 0 bridgehead atoms. The number of Topliss-reactive ketones (excluding diaryl/α,β-unsaturated/α-hetero) is 1. The zero-order valence-electron chi connectivity index (χ0n) is 21.2. The third-order valence-corrected chi connectivity index (χ3v) is 6.75. The van der Waals surface area contributed by atoms with Gasteiger partial charge in [-0.3, -0.25) is 9.59 Å². The Kier molecular flexibility index (Phi) is 7.82. The number of carbonyl (C=O) groups is 2. The van der Waals surface area contributed by atoms with Gasteiger partial charge < -0.3 is 5.32 Å². The average Bonchev–Trinajstić information content (AvgIpc) is 2.84. The molecule has 0 aliphatic rings. The maximum absolute atomic E-state index is 13.4. The van der Waals surface area contributed by atoms with Gasteiger partial charge in [0.05, 0.1) is 10.8 Å². The fraction of sp³-hybridized carbons (Fsp3) is 0.310. The lowest BCUT2D eigenvalue weighted by Gasteiger charge is -2.28. The summed E-state index contributed by atoms with van der Waals surface area (Å²) >= 11 is 0. The molecule has 0 saturated heterocycles. The Bertz CT molecular complexity index is 1220. The molecule has 0 unspecified atom stereocenters. The highest BCUT2D eigenvalue weighted by atomic mass is 19.4. The molecule has 0 aliphatic carbocycles. The van der Waals surface area contributed by atoms with Gasteiger partial charge in [0.2, 0.25) is 0 Å². The van der Waals surface area contributed by atoms with Crippen LogP contribution in [-0.4, -0.2) is 24.0 Å². The Hall–Kier alpha value is -3.62. The zero-order chi connectivity index (χ0) is 28.5. The SMILES string of the molecule is CC(C)(c1cccc(C(=O)Cc2ccc(NC(=O)c3cccc(C(C)(C)C(F)(F)F)c3)cc2)c1)C(F)(F)F. The quantitative estimate of drug-likeness (QED) is 0.246. The van der Waals surface area contributed by atoms with Crippen LogP contribution in [0.5, 0.6) is 0 Å². The fourth-order valence-electron chi connectivity index (χ4n) is 3.65. The second-order valence-electron chi connectivity index (χ2n) is 10.2. The molecule has 38 heavy (non-hydrogen) atoms. The van der Waals surface area contributed by atoms with E-state index in [1.54, 1.807) is 12.1 Å². The van der Waals surface area contributed by atoms with E-state index in [1.807, 2.05) is 0 Å². The molecule has 202 valence electrons. The van der Waals surface area contributed by atoms with Crippen molar-refractivity contribution in [2.75, 3.05) is 5.32 Å². The van der Waals surface area contributed by atoms with Crippen LogP contribution < -0.4 is 5.32 Å². The minimum atomic E-state index is -4.49. The van der Waals surface area contributed by atoms with Crippen LogP contribution in [0.15, 0.2) is 72.8 Å². The van der Waals surface area contributed by atoms with Crippen LogP contribution in [0.4, 0.5) is 32.0 Å². The maximum Gasteiger partial charge on any atom is 0.397 e. The van der Waals surface area contributed by atoms with E-state index in [0.29, 0.717) is 11.3 Å². The third kappa shape index (κ3) is 6.09. The molecule has 0 aromatic heterocycles. The van der Waals surface area contributed by atoms with Gasteiger partial charge >= 0.3 is 12.4 Å². The monoisotopic (exact) mass is 535 g/mol. The molecule has 0 spiro atoms. The molecule has 0 heterocycles. The summed E-state index contributed by atoms with van der Waals surface area (Å²) in [5, 5.41) is 2.61. The lowest BCUT2D eigenvalue weighted by molar-refractivity contribution is -0.180. The van der Waals surface area contributed by atoms with Crippen LogP contribution in [0.2, 0.25) is 0 Å². The molecule has 0 atom stereocenters. The summed E-state index contributed by atoms with van der Waals surface area (Å²) in [5.74, 6) is -0.969. The van der Waals surface area contributed by atoms with E-state index in [0.717, 1.165) is 27.7 Å². The standard InChI is InChI=1S/C29H27F6NO2/c1-26(2,28(30,31)32)21-9-5-7-19(16-21)24(37)15-18-11-13-23(14-12-18)36-25(38)20-8-6-10-22(17-20)27(3,4)29(33,34)35/h5-14,16-17H,15H2,1-4H3,(H,36,38). The molecule has 3 rings (SSSR count). The molecular weight excluding hydrogens is 508 g/mol. The average molecular weight is 536 g/mol. The van der Waals surface area contributed by atoms with E-state index in [9.17, 15) is 35.9 Å². The van der Waals surface area contributed by atoms with Crippen LogP contribution in [0.25, 0.3) is 0 Å². The zero-order valence-corrected chi connectivity index (χ0v) is 21.2. The normalized spacial score (nSPS) is 12.8. The van der Waals surface area contributed by atoms with Crippen molar-refractivity contribution in [1.82, 2.24) is 0 Å². The van der Waals surface area contributed by atoms with Crippen molar-refractivity contribution in [1.29, 1.82) is 0 Å². The number of benzene rings is 3. The number of carbonyl (C=O) groups excluding carboxylic acids is 2. The van der Waals surface area contributed by atoms with Crippen LogP contribution in [-0.2, 0) is 17.3 Å². The van der Waals surface area contributed by atoms with Crippen LogP contribution in [0, 0.1) is 0 Å². The first-order valence-electron chi connectivity index (χ1n) is 11.7. The van der Waals surface area contributed by atoms with Gasteiger partial charge in [-0.25, -0.2) is 0 Å². The molecule has 9 heteroatoms. The molecule has 0 saturated carbocycles. The van der Waals surface area contributed by atoms with Gasteiger partial charge in [0.25, 0.3) is 5.91 Å². The third-order valence-electron chi connectivity index (χ3n) is 6.75. The van der Waals surface area contributed by atoms with Crippen molar-refractivity contribution >= 4 is 17.4 Å². The van der Waals surface area contributed by atoms with Crippen LogP contribution in [0.1, 0.15) is 65.1 Å². The number of halogens is 6. The second kappa shape index (κ2) is 10.3. The number of amides is 1. The summed E-state index contributed by atoms with van der Waals surface area (Å²) in [6.07, 6.45) is -9.05. The number of ketones is 1. The molecule has 1 N–H and O–H groups in total. The number of nitrogens with one attached hydrogen (secondary N) is 1. The first-order chi connectivity index (χ1) is 17.4. The largest absolute Gasteiger partial charge is 0.397 e. The maximum atomic E-state index is 13.4. The first kappa shape index (κ1) is 28.9. The van der Waals surface area contributed by atoms with E-state index >= 15 is 0 Å². The van der Waals surface area contributed by atoms with E-state index in [4.69, 9.17) is 0 Å². The van der Waals surface area contributed by atoms with E-state index in [-0.39, 0.29) is 34.5 Å².